The Morgan fingerprint density at radius 3 is 2.54 bits per heavy atom. The second-order valence-electron chi connectivity index (χ2n) is 4.93. The predicted octanol–water partition coefficient (Wildman–Crippen LogP) is 0.504. The van der Waals surface area contributed by atoms with Crippen LogP contribution >= 0.6 is 0 Å². The SMILES string of the molecule is COC(=O)CCC(NC(=O)c1cccc(N(C)C=O)c1)C(=O)OC. The number of hydrogen-bond donors (Lipinski definition) is 1. The quantitative estimate of drug-likeness (QED) is 0.548. The van der Waals surface area contributed by atoms with Gasteiger partial charge in [-0.3, -0.25) is 14.4 Å². The van der Waals surface area contributed by atoms with Crippen molar-refractivity contribution in [3.05, 3.63) is 29.8 Å². The highest BCUT2D eigenvalue weighted by molar-refractivity contribution is 5.98. The summed E-state index contributed by atoms with van der Waals surface area (Å²) in [5, 5.41) is 2.52. The van der Waals surface area contributed by atoms with Gasteiger partial charge < -0.3 is 19.7 Å². The summed E-state index contributed by atoms with van der Waals surface area (Å²) < 4.78 is 9.15. The molecule has 0 spiro atoms. The molecule has 0 heterocycles. The molecule has 8 heteroatoms. The minimum atomic E-state index is -0.978. The van der Waals surface area contributed by atoms with Gasteiger partial charge in [0.25, 0.3) is 5.91 Å². The molecule has 1 atom stereocenters. The van der Waals surface area contributed by atoms with Crippen molar-refractivity contribution in [1.29, 1.82) is 0 Å². The van der Waals surface area contributed by atoms with E-state index in [0.29, 0.717) is 12.1 Å². The molecule has 1 rings (SSSR count). The van der Waals surface area contributed by atoms with Crippen LogP contribution in [0, 0.1) is 0 Å². The maximum atomic E-state index is 12.3. The Balaban J connectivity index is 2.85. The second kappa shape index (κ2) is 9.29. The molecule has 0 aliphatic rings. The van der Waals surface area contributed by atoms with Gasteiger partial charge in [0.15, 0.2) is 0 Å². The predicted molar refractivity (Wildman–Crippen MR) is 85.4 cm³/mol. The van der Waals surface area contributed by atoms with Crippen LogP contribution in [0.15, 0.2) is 24.3 Å². The third kappa shape index (κ3) is 5.38. The van der Waals surface area contributed by atoms with Gasteiger partial charge in [-0.1, -0.05) is 6.07 Å². The molecule has 2 amide bonds. The summed E-state index contributed by atoms with van der Waals surface area (Å²) >= 11 is 0. The fraction of sp³-hybridized carbons (Fsp3) is 0.375. The van der Waals surface area contributed by atoms with Gasteiger partial charge in [-0.05, 0) is 24.6 Å². The first kappa shape index (κ1) is 19.1. The Bertz CT molecular complexity index is 616. The van der Waals surface area contributed by atoms with E-state index >= 15 is 0 Å². The number of methoxy groups -OCH3 is 2. The van der Waals surface area contributed by atoms with E-state index in [9.17, 15) is 19.2 Å². The third-order valence-corrected chi connectivity index (χ3v) is 3.33. The van der Waals surface area contributed by atoms with E-state index < -0.39 is 23.9 Å². The van der Waals surface area contributed by atoms with Crippen LogP contribution in [0.3, 0.4) is 0 Å². The lowest BCUT2D eigenvalue weighted by atomic mass is 10.1. The first-order valence-corrected chi connectivity index (χ1v) is 7.16. The van der Waals surface area contributed by atoms with Gasteiger partial charge in [0.05, 0.1) is 14.2 Å². The third-order valence-electron chi connectivity index (χ3n) is 3.33. The number of rotatable bonds is 8. The van der Waals surface area contributed by atoms with E-state index in [1.54, 1.807) is 25.2 Å². The van der Waals surface area contributed by atoms with Crippen LogP contribution in [-0.2, 0) is 23.9 Å². The molecule has 8 nitrogen and oxygen atoms in total. The van der Waals surface area contributed by atoms with Crippen LogP contribution < -0.4 is 10.2 Å². The maximum absolute atomic E-state index is 12.3. The summed E-state index contributed by atoms with van der Waals surface area (Å²) in [6.45, 7) is 0. The van der Waals surface area contributed by atoms with E-state index in [1.165, 1.54) is 25.2 Å². The lowest BCUT2D eigenvalue weighted by Gasteiger charge is -2.17. The number of carbonyl (C=O) groups excluding carboxylic acids is 4. The standard InChI is InChI=1S/C16H20N2O6/c1-18(10-19)12-6-4-5-11(9-12)15(21)17-13(16(22)24-3)7-8-14(20)23-2/h4-6,9-10,13H,7-8H2,1-3H3,(H,17,21). The van der Waals surface area contributed by atoms with Crippen LogP contribution in [0.25, 0.3) is 0 Å². The fourth-order valence-electron chi connectivity index (χ4n) is 1.92. The van der Waals surface area contributed by atoms with Crippen LogP contribution in [0.2, 0.25) is 0 Å². The minimum absolute atomic E-state index is 0.0372. The molecule has 0 bridgehead atoms. The zero-order valence-electron chi connectivity index (χ0n) is 13.8. The van der Waals surface area contributed by atoms with Gasteiger partial charge in [0.1, 0.15) is 6.04 Å². The van der Waals surface area contributed by atoms with Crippen LogP contribution in [0.1, 0.15) is 23.2 Å². The zero-order chi connectivity index (χ0) is 18.1. The summed E-state index contributed by atoms with van der Waals surface area (Å²) in [6.07, 6.45) is 0.633. The summed E-state index contributed by atoms with van der Waals surface area (Å²) in [4.78, 5) is 47.4. The molecule has 0 radical (unpaired) electrons. The summed E-state index contributed by atoms with van der Waals surface area (Å²) in [7, 11) is 3.99. The first-order chi connectivity index (χ1) is 11.4. The molecule has 0 aliphatic carbocycles. The average Bonchev–Trinajstić information content (AvgIpc) is 2.63. The van der Waals surface area contributed by atoms with Crippen molar-refractivity contribution in [1.82, 2.24) is 5.32 Å². The van der Waals surface area contributed by atoms with Gasteiger partial charge in [0.2, 0.25) is 6.41 Å². The second-order valence-corrected chi connectivity index (χ2v) is 4.93. The molecular formula is C16H20N2O6. The van der Waals surface area contributed by atoms with Gasteiger partial charge in [-0.25, -0.2) is 4.79 Å². The Morgan fingerprint density at radius 1 is 1.25 bits per heavy atom. The smallest absolute Gasteiger partial charge is 0.328 e. The van der Waals surface area contributed by atoms with Crippen molar-refractivity contribution in [2.45, 2.75) is 18.9 Å². The first-order valence-electron chi connectivity index (χ1n) is 7.16. The number of amides is 2. The molecule has 1 aromatic rings. The summed E-state index contributed by atoms with van der Waals surface area (Å²) in [5.41, 5.74) is 0.801. The van der Waals surface area contributed by atoms with E-state index in [4.69, 9.17) is 0 Å². The number of esters is 2. The number of nitrogens with one attached hydrogen (secondary N) is 1. The molecule has 1 aromatic carbocycles. The largest absolute Gasteiger partial charge is 0.469 e. The highest BCUT2D eigenvalue weighted by atomic mass is 16.5. The number of ether oxygens (including phenoxy) is 2. The molecule has 0 saturated heterocycles. The molecule has 1 unspecified atom stereocenters. The minimum Gasteiger partial charge on any atom is -0.469 e. The number of anilines is 1. The Morgan fingerprint density at radius 2 is 1.96 bits per heavy atom. The van der Waals surface area contributed by atoms with Crippen molar-refractivity contribution in [3.8, 4) is 0 Å². The van der Waals surface area contributed by atoms with Crippen LogP contribution in [0.5, 0.6) is 0 Å². The Hall–Kier alpha value is -2.90. The van der Waals surface area contributed by atoms with Crippen molar-refractivity contribution < 1.29 is 28.7 Å². The monoisotopic (exact) mass is 336 g/mol. The van der Waals surface area contributed by atoms with E-state index in [1.807, 2.05) is 0 Å². The van der Waals surface area contributed by atoms with Crippen LogP contribution in [0.4, 0.5) is 5.69 Å². The Kier molecular flexibility index (Phi) is 7.41. The van der Waals surface area contributed by atoms with Gasteiger partial charge in [-0.2, -0.15) is 0 Å². The number of nitrogens with zero attached hydrogens (tertiary/aromatic N) is 1. The average molecular weight is 336 g/mol. The molecule has 0 aromatic heterocycles. The van der Waals surface area contributed by atoms with Gasteiger partial charge in [-0.15, -0.1) is 0 Å². The number of hydrogen-bond acceptors (Lipinski definition) is 6. The molecule has 0 aliphatic heterocycles. The highest BCUT2D eigenvalue weighted by Crippen LogP contribution is 2.14. The lowest BCUT2D eigenvalue weighted by molar-refractivity contribution is -0.144. The van der Waals surface area contributed by atoms with E-state index in [2.05, 4.69) is 14.8 Å². The lowest BCUT2D eigenvalue weighted by Crippen LogP contribution is -2.42. The fourth-order valence-corrected chi connectivity index (χ4v) is 1.92. The van der Waals surface area contributed by atoms with Gasteiger partial charge >= 0.3 is 11.9 Å². The zero-order valence-corrected chi connectivity index (χ0v) is 13.8. The van der Waals surface area contributed by atoms with Crippen molar-refractivity contribution in [2.75, 3.05) is 26.2 Å². The van der Waals surface area contributed by atoms with Crippen molar-refractivity contribution in [2.24, 2.45) is 0 Å². The van der Waals surface area contributed by atoms with E-state index in [0.717, 1.165) is 0 Å². The van der Waals surface area contributed by atoms with E-state index in [-0.39, 0.29) is 18.4 Å². The van der Waals surface area contributed by atoms with Crippen molar-refractivity contribution in [3.63, 3.8) is 0 Å². The molecule has 24 heavy (non-hydrogen) atoms. The number of carbonyl (C=O) groups is 4. The topological polar surface area (TPSA) is 102 Å². The van der Waals surface area contributed by atoms with Gasteiger partial charge in [0, 0.05) is 24.7 Å². The molecular weight excluding hydrogens is 316 g/mol. The van der Waals surface area contributed by atoms with Crippen LogP contribution in [-0.4, -0.2) is 51.6 Å². The normalized spacial score (nSPS) is 11.1. The highest BCUT2D eigenvalue weighted by Gasteiger charge is 2.23. The summed E-state index contributed by atoms with van der Waals surface area (Å²) in [5.74, 6) is -1.67. The summed E-state index contributed by atoms with van der Waals surface area (Å²) in [6, 6.07) is 5.37. The Labute approximate surface area is 139 Å². The number of benzene rings is 1. The molecule has 1 N–H and O–H groups in total. The molecule has 0 saturated carbocycles. The molecule has 0 fully saturated rings. The maximum Gasteiger partial charge on any atom is 0.328 e. The van der Waals surface area contributed by atoms with Crippen molar-refractivity contribution >= 4 is 29.9 Å². The molecule has 130 valence electrons.